The van der Waals surface area contributed by atoms with Gasteiger partial charge in [0.05, 0.1) is 31.0 Å². The van der Waals surface area contributed by atoms with Gasteiger partial charge in [-0.3, -0.25) is 9.59 Å². The van der Waals surface area contributed by atoms with Crippen LogP contribution in [-0.4, -0.2) is 35.8 Å². The number of unbranched alkanes of at least 4 members (excludes halogenated alkanes) is 1. The number of rotatable bonds is 10. The van der Waals surface area contributed by atoms with Crippen molar-refractivity contribution in [3.05, 3.63) is 64.1 Å². The SMILES string of the molecule is CCCCOc1ccc(/C=N/NC(=O)CCc2nc3ccccc3[nH]c2=O)cc1OC. The lowest BCUT2D eigenvalue weighted by Gasteiger charge is -2.10. The number of benzene rings is 2. The average molecular weight is 422 g/mol. The summed E-state index contributed by atoms with van der Waals surface area (Å²) in [6.45, 7) is 2.73. The maximum absolute atomic E-state index is 12.1. The monoisotopic (exact) mass is 422 g/mol. The van der Waals surface area contributed by atoms with Crippen molar-refractivity contribution in [1.29, 1.82) is 0 Å². The highest BCUT2D eigenvalue weighted by molar-refractivity contribution is 5.83. The van der Waals surface area contributed by atoms with E-state index in [1.807, 2.05) is 30.3 Å². The Morgan fingerprint density at radius 3 is 2.87 bits per heavy atom. The van der Waals surface area contributed by atoms with Crippen LogP contribution in [0.2, 0.25) is 0 Å². The van der Waals surface area contributed by atoms with Crippen LogP contribution in [0.3, 0.4) is 0 Å². The third-order valence-corrected chi connectivity index (χ3v) is 4.60. The summed E-state index contributed by atoms with van der Waals surface area (Å²) in [5.41, 5.74) is 4.62. The fourth-order valence-corrected chi connectivity index (χ4v) is 2.91. The number of H-pyrrole nitrogens is 1. The molecular formula is C23H26N4O4. The predicted molar refractivity (Wildman–Crippen MR) is 120 cm³/mol. The third-order valence-electron chi connectivity index (χ3n) is 4.60. The molecule has 0 aliphatic carbocycles. The zero-order valence-corrected chi connectivity index (χ0v) is 17.7. The zero-order chi connectivity index (χ0) is 22.1. The minimum Gasteiger partial charge on any atom is -0.493 e. The van der Waals surface area contributed by atoms with Gasteiger partial charge in [-0.05, 0) is 42.3 Å². The van der Waals surface area contributed by atoms with E-state index >= 15 is 0 Å². The van der Waals surface area contributed by atoms with Crippen molar-refractivity contribution in [3.63, 3.8) is 0 Å². The first-order valence-electron chi connectivity index (χ1n) is 10.2. The highest BCUT2D eigenvalue weighted by Gasteiger charge is 2.08. The minimum absolute atomic E-state index is 0.0965. The number of nitrogens with one attached hydrogen (secondary N) is 2. The van der Waals surface area contributed by atoms with Crippen molar-refractivity contribution in [2.75, 3.05) is 13.7 Å². The first-order valence-corrected chi connectivity index (χ1v) is 10.2. The van der Waals surface area contributed by atoms with Gasteiger partial charge in [0, 0.05) is 12.8 Å². The van der Waals surface area contributed by atoms with Gasteiger partial charge in [-0.2, -0.15) is 5.10 Å². The number of nitrogens with zero attached hydrogens (tertiary/aromatic N) is 2. The minimum atomic E-state index is -0.308. The number of carbonyl (C=O) groups is 1. The number of hydrogen-bond acceptors (Lipinski definition) is 6. The molecule has 8 nitrogen and oxygen atoms in total. The van der Waals surface area contributed by atoms with Gasteiger partial charge in [-0.1, -0.05) is 25.5 Å². The summed E-state index contributed by atoms with van der Waals surface area (Å²) < 4.78 is 11.1. The van der Waals surface area contributed by atoms with Crippen molar-refractivity contribution < 1.29 is 14.3 Å². The molecule has 1 heterocycles. The molecule has 8 heteroatoms. The van der Waals surface area contributed by atoms with Crippen LogP contribution < -0.4 is 20.5 Å². The molecule has 1 amide bonds. The summed E-state index contributed by atoms with van der Waals surface area (Å²) in [4.78, 5) is 31.3. The summed E-state index contributed by atoms with van der Waals surface area (Å²) in [5, 5.41) is 3.98. The number of carbonyl (C=O) groups excluding carboxylic acids is 1. The number of aromatic nitrogens is 2. The number of ether oxygens (including phenoxy) is 2. The van der Waals surface area contributed by atoms with Crippen LogP contribution in [0.5, 0.6) is 11.5 Å². The number of hydrazone groups is 1. The quantitative estimate of drug-likeness (QED) is 0.297. The molecule has 2 aromatic carbocycles. The molecule has 0 saturated carbocycles. The topological polar surface area (TPSA) is 106 Å². The van der Waals surface area contributed by atoms with Crippen molar-refractivity contribution in [2.45, 2.75) is 32.6 Å². The number of amides is 1. The van der Waals surface area contributed by atoms with Crippen LogP contribution in [0.15, 0.2) is 52.4 Å². The van der Waals surface area contributed by atoms with Crippen molar-refractivity contribution in [3.8, 4) is 11.5 Å². The molecule has 0 radical (unpaired) electrons. The Labute approximate surface area is 180 Å². The molecule has 0 aliphatic rings. The number of aryl methyl sites for hydroxylation is 1. The highest BCUT2D eigenvalue weighted by atomic mass is 16.5. The van der Waals surface area contributed by atoms with E-state index in [-0.39, 0.29) is 24.3 Å². The van der Waals surface area contributed by atoms with Gasteiger partial charge in [-0.25, -0.2) is 10.4 Å². The van der Waals surface area contributed by atoms with Crippen molar-refractivity contribution in [1.82, 2.24) is 15.4 Å². The van der Waals surface area contributed by atoms with Gasteiger partial charge in [0.1, 0.15) is 5.69 Å². The molecule has 0 fully saturated rings. The van der Waals surface area contributed by atoms with E-state index < -0.39 is 0 Å². The summed E-state index contributed by atoms with van der Waals surface area (Å²) in [7, 11) is 1.58. The third kappa shape index (κ3) is 6.15. The van der Waals surface area contributed by atoms with Crippen LogP contribution in [0.4, 0.5) is 0 Å². The smallest absolute Gasteiger partial charge is 0.270 e. The molecule has 0 bridgehead atoms. The Morgan fingerprint density at radius 1 is 1.23 bits per heavy atom. The van der Waals surface area contributed by atoms with Crippen LogP contribution >= 0.6 is 0 Å². The largest absolute Gasteiger partial charge is 0.493 e. The number of aromatic amines is 1. The van der Waals surface area contributed by atoms with Gasteiger partial charge in [0.2, 0.25) is 5.91 Å². The van der Waals surface area contributed by atoms with Crippen LogP contribution in [0.25, 0.3) is 11.0 Å². The van der Waals surface area contributed by atoms with E-state index in [2.05, 4.69) is 27.4 Å². The molecule has 3 aromatic rings. The Balaban J connectivity index is 1.54. The Morgan fingerprint density at radius 2 is 2.06 bits per heavy atom. The molecule has 0 saturated heterocycles. The van der Waals surface area contributed by atoms with Gasteiger partial charge in [0.15, 0.2) is 11.5 Å². The molecule has 3 rings (SSSR count). The van der Waals surface area contributed by atoms with Gasteiger partial charge < -0.3 is 14.5 Å². The van der Waals surface area contributed by atoms with E-state index in [1.54, 1.807) is 19.2 Å². The number of para-hydroxylation sites is 2. The Bertz CT molecular complexity index is 1120. The average Bonchev–Trinajstić information content (AvgIpc) is 2.78. The fraction of sp³-hybridized carbons (Fsp3) is 0.304. The molecular weight excluding hydrogens is 396 g/mol. The van der Waals surface area contributed by atoms with E-state index in [1.165, 1.54) is 6.21 Å². The van der Waals surface area contributed by atoms with Gasteiger partial charge >= 0.3 is 0 Å². The van der Waals surface area contributed by atoms with Crippen molar-refractivity contribution in [2.24, 2.45) is 5.10 Å². The second-order valence-corrected chi connectivity index (χ2v) is 6.94. The first kappa shape index (κ1) is 22.0. The first-order chi connectivity index (χ1) is 15.1. The van der Waals surface area contributed by atoms with E-state index in [0.717, 1.165) is 18.4 Å². The number of methoxy groups -OCH3 is 1. The van der Waals surface area contributed by atoms with Crippen LogP contribution in [0, 0.1) is 0 Å². The molecule has 31 heavy (non-hydrogen) atoms. The predicted octanol–water partition coefficient (Wildman–Crippen LogP) is 3.19. The second kappa shape index (κ2) is 10.9. The van der Waals surface area contributed by atoms with Crippen LogP contribution in [-0.2, 0) is 11.2 Å². The standard InChI is InChI=1S/C23H26N4O4/c1-3-4-13-31-20-11-9-16(14-21(20)30-2)15-24-27-22(28)12-10-19-23(29)26-18-8-6-5-7-17(18)25-19/h5-9,11,14-15H,3-4,10,12-13H2,1-2H3,(H,26,29)(H,27,28)/b24-15+. The van der Waals surface area contributed by atoms with E-state index in [0.29, 0.717) is 34.8 Å². The lowest BCUT2D eigenvalue weighted by molar-refractivity contribution is -0.121. The Hall–Kier alpha value is -3.68. The summed E-state index contributed by atoms with van der Waals surface area (Å²) in [6, 6.07) is 12.7. The summed E-state index contributed by atoms with van der Waals surface area (Å²) in [6.07, 6.45) is 3.87. The number of fused-ring (bicyclic) bond motifs is 1. The Kier molecular flexibility index (Phi) is 7.75. The normalized spacial score (nSPS) is 11.0. The molecule has 162 valence electrons. The van der Waals surface area contributed by atoms with Crippen LogP contribution in [0.1, 0.15) is 37.4 Å². The zero-order valence-electron chi connectivity index (χ0n) is 17.7. The van der Waals surface area contributed by atoms with E-state index in [9.17, 15) is 9.59 Å². The molecule has 0 aliphatic heterocycles. The summed E-state index contributed by atoms with van der Waals surface area (Å²) in [5.74, 6) is 0.968. The second-order valence-electron chi connectivity index (χ2n) is 6.94. The molecule has 2 N–H and O–H groups in total. The molecule has 1 aromatic heterocycles. The van der Waals surface area contributed by atoms with Gasteiger partial charge in [-0.15, -0.1) is 0 Å². The number of hydrogen-bond donors (Lipinski definition) is 2. The molecule has 0 spiro atoms. The van der Waals surface area contributed by atoms with Gasteiger partial charge in [0.25, 0.3) is 5.56 Å². The summed E-state index contributed by atoms with van der Waals surface area (Å²) >= 11 is 0. The highest BCUT2D eigenvalue weighted by Crippen LogP contribution is 2.27. The fourth-order valence-electron chi connectivity index (χ4n) is 2.91. The lowest BCUT2D eigenvalue weighted by Crippen LogP contribution is -2.21. The molecule has 0 atom stereocenters. The van der Waals surface area contributed by atoms with E-state index in [4.69, 9.17) is 9.47 Å². The maximum atomic E-state index is 12.1. The molecule has 0 unspecified atom stereocenters. The lowest BCUT2D eigenvalue weighted by atomic mass is 10.2. The maximum Gasteiger partial charge on any atom is 0.270 e. The van der Waals surface area contributed by atoms with Crippen molar-refractivity contribution >= 4 is 23.2 Å².